The van der Waals surface area contributed by atoms with Gasteiger partial charge >= 0.3 is 0 Å². The van der Waals surface area contributed by atoms with Crippen LogP contribution in [-0.2, 0) is 0 Å². The fourth-order valence-corrected chi connectivity index (χ4v) is 7.26. The molecule has 9 aromatic carbocycles. The van der Waals surface area contributed by atoms with Crippen LogP contribution in [0.3, 0.4) is 0 Å². The van der Waals surface area contributed by atoms with E-state index in [0.29, 0.717) is 0 Å². The fraction of sp³-hybridized carbons (Fsp3) is 0. The van der Waals surface area contributed by atoms with Crippen molar-refractivity contribution in [3.05, 3.63) is 231 Å². The van der Waals surface area contributed by atoms with Crippen molar-refractivity contribution in [3.8, 4) is 33.4 Å². The summed E-state index contributed by atoms with van der Waals surface area (Å²) in [6.07, 6.45) is 0. The molecule has 0 saturated heterocycles. The molecule has 0 aliphatic carbocycles. The summed E-state index contributed by atoms with van der Waals surface area (Å²) >= 11 is 0. The largest absolute Gasteiger partial charge is 0.311 e. The number of para-hydroxylation sites is 2. The Morgan fingerprint density at radius 3 is 0.889 bits per heavy atom. The molecule has 2 nitrogen and oxygen atoms in total. The highest BCUT2D eigenvalue weighted by Crippen LogP contribution is 2.39. The highest BCUT2D eigenvalue weighted by Gasteiger charge is 2.15. The van der Waals surface area contributed by atoms with Gasteiger partial charge in [0.05, 0.1) is 0 Å². The van der Waals surface area contributed by atoms with Crippen molar-refractivity contribution in [1.82, 2.24) is 0 Å². The van der Waals surface area contributed by atoms with Gasteiger partial charge in [-0.05, 0) is 117 Å². The Morgan fingerprint density at radius 2 is 0.463 bits per heavy atom. The van der Waals surface area contributed by atoms with Gasteiger partial charge in [-0.15, -0.1) is 0 Å². The molecule has 256 valence electrons. The number of anilines is 6. The highest BCUT2D eigenvalue weighted by atomic mass is 15.1. The average molecular weight is 691 g/mol. The first kappa shape index (κ1) is 32.7. The molecular formula is C52H38N2. The van der Waals surface area contributed by atoms with Crippen LogP contribution in [0.4, 0.5) is 34.1 Å². The van der Waals surface area contributed by atoms with Crippen LogP contribution in [0.5, 0.6) is 0 Å². The van der Waals surface area contributed by atoms with E-state index in [1.165, 1.54) is 44.2 Å². The van der Waals surface area contributed by atoms with Crippen LogP contribution in [0, 0.1) is 0 Å². The molecule has 0 unspecified atom stereocenters. The molecule has 2 heteroatoms. The first-order chi connectivity index (χ1) is 26.8. The Hall–Kier alpha value is -7.16. The van der Waals surface area contributed by atoms with Crippen molar-refractivity contribution in [1.29, 1.82) is 0 Å². The van der Waals surface area contributed by atoms with Gasteiger partial charge in [-0.25, -0.2) is 0 Å². The molecule has 0 aromatic heterocycles. The Bertz CT molecular complexity index is 2600. The van der Waals surface area contributed by atoms with E-state index in [0.717, 1.165) is 34.1 Å². The lowest BCUT2D eigenvalue weighted by molar-refractivity contribution is 1.28. The molecule has 0 N–H and O–H groups in total. The predicted octanol–water partition coefficient (Wildman–Crippen LogP) is 14.8. The second-order valence-corrected chi connectivity index (χ2v) is 13.5. The van der Waals surface area contributed by atoms with Crippen molar-refractivity contribution in [3.63, 3.8) is 0 Å². The Morgan fingerprint density at radius 1 is 0.185 bits per heavy atom. The molecule has 0 aliphatic heterocycles. The molecule has 0 aliphatic rings. The first-order valence-corrected chi connectivity index (χ1v) is 18.4. The molecule has 9 aromatic rings. The molecule has 0 heterocycles. The molecule has 0 atom stereocenters. The van der Waals surface area contributed by atoms with E-state index >= 15 is 0 Å². The van der Waals surface area contributed by atoms with Crippen LogP contribution in [0.25, 0.3) is 44.2 Å². The summed E-state index contributed by atoms with van der Waals surface area (Å²) in [5.74, 6) is 0. The van der Waals surface area contributed by atoms with Gasteiger partial charge in [0.1, 0.15) is 0 Å². The van der Waals surface area contributed by atoms with E-state index in [9.17, 15) is 0 Å². The second kappa shape index (κ2) is 14.8. The summed E-state index contributed by atoms with van der Waals surface area (Å²) in [7, 11) is 0. The second-order valence-electron chi connectivity index (χ2n) is 13.5. The van der Waals surface area contributed by atoms with E-state index < -0.39 is 0 Å². The maximum Gasteiger partial charge on any atom is 0.0468 e. The van der Waals surface area contributed by atoms with E-state index in [1.807, 2.05) is 0 Å². The zero-order valence-corrected chi connectivity index (χ0v) is 29.8. The summed E-state index contributed by atoms with van der Waals surface area (Å²) in [5, 5.41) is 2.46. The van der Waals surface area contributed by atoms with Gasteiger partial charge in [-0.1, -0.05) is 158 Å². The molecule has 54 heavy (non-hydrogen) atoms. The maximum absolute atomic E-state index is 2.32. The Balaban J connectivity index is 0.988. The Kier molecular flexibility index (Phi) is 8.99. The van der Waals surface area contributed by atoms with Crippen LogP contribution < -0.4 is 9.80 Å². The molecular weight excluding hydrogens is 653 g/mol. The minimum absolute atomic E-state index is 1.10. The number of benzene rings is 9. The zero-order valence-electron chi connectivity index (χ0n) is 29.8. The van der Waals surface area contributed by atoms with E-state index in [2.05, 4.69) is 240 Å². The average Bonchev–Trinajstić information content (AvgIpc) is 3.26. The van der Waals surface area contributed by atoms with Crippen LogP contribution in [-0.4, -0.2) is 0 Å². The monoisotopic (exact) mass is 690 g/mol. The lowest BCUT2D eigenvalue weighted by Crippen LogP contribution is -2.10. The normalized spacial score (nSPS) is 11.0. The molecule has 0 fully saturated rings. The number of nitrogens with zero attached hydrogens (tertiary/aromatic N) is 2. The van der Waals surface area contributed by atoms with Crippen molar-refractivity contribution < 1.29 is 0 Å². The van der Waals surface area contributed by atoms with Gasteiger partial charge < -0.3 is 9.80 Å². The van der Waals surface area contributed by atoms with E-state index in [4.69, 9.17) is 0 Å². The van der Waals surface area contributed by atoms with Gasteiger partial charge in [0, 0.05) is 34.1 Å². The number of hydrogen-bond donors (Lipinski definition) is 0. The minimum atomic E-state index is 1.10. The standard InChI is InChI=1S/C52H38N2/c1-4-12-39(13-5-1)41-20-22-42(23-21-41)43-24-31-49(32-25-43)53(47-16-6-2-7-17-47)50-33-26-44(27-34-50)45-28-35-51(36-29-45)54(48-18-8-3-9-19-48)52-37-30-40-14-10-11-15-46(40)38-52/h1-38H. The molecule has 0 amide bonds. The van der Waals surface area contributed by atoms with Gasteiger partial charge in [0.25, 0.3) is 0 Å². The third-order valence-electron chi connectivity index (χ3n) is 10.1. The highest BCUT2D eigenvalue weighted by molar-refractivity contribution is 5.89. The van der Waals surface area contributed by atoms with Gasteiger partial charge in [-0.2, -0.15) is 0 Å². The molecule has 0 saturated carbocycles. The summed E-state index contributed by atoms with van der Waals surface area (Å²) in [4.78, 5) is 4.64. The lowest BCUT2D eigenvalue weighted by atomic mass is 10.00. The van der Waals surface area contributed by atoms with Crippen molar-refractivity contribution in [2.75, 3.05) is 9.80 Å². The van der Waals surface area contributed by atoms with Crippen molar-refractivity contribution in [2.24, 2.45) is 0 Å². The zero-order chi connectivity index (χ0) is 36.1. The summed E-state index contributed by atoms with van der Waals surface area (Å²) < 4.78 is 0. The lowest BCUT2D eigenvalue weighted by Gasteiger charge is -2.26. The van der Waals surface area contributed by atoms with E-state index in [1.54, 1.807) is 0 Å². The summed E-state index contributed by atoms with van der Waals surface area (Å²) in [5.41, 5.74) is 13.9. The number of hydrogen-bond acceptors (Lipinski definition) is 2. The SMILES string of the molecule is c1ccc(-c2ccc(-c3ccc(N(c4ccccc4)c4ccc(-c5ccc(N(c6ccccc6)c6ccc7ccccc7c6)cc5)cc4)cc3)cc2)cc1. The summed E-state index contributed by atoms with van der Waals surface area (Å²) in [6, 6.07) is 82.3. The maximum atomic E-state index is 2.32. The third-order valence-corrected chi connectivity index (χ3v) is 10.1. The van der Waals surface area contributed by atoms with Crippen LogP contribution in [0.2, 0.25) is 0 Å². The van der Waals surface area contributed by atoms with Gasteiger partial charge in [0.2, 0.25) is 0 Å². The van der Waals surface area contributed by atoms with Crippen molar-refractivity contribution in [2.45, 2.75) is 0 Å². The smallest absolute Gasteiger partial charge is 0.0468 e. The van der Waals surface area contributed by atoms with Crippen LogP contribution in [0.1, 0.15) is 0 Å². The third kappa shape index (κ3) is 6.77. The first-order valence-electron chi connectivity index (χ1n) is 18.4. The summed E-state index contributed by atoms with van der Waals surface area (Å²) in [6.45, 7) is 0. The quantitative estimate of drug-likeness (QED) is 0.149. The molecule has 9 rings (SSSR count). The van der Waals surface area contributed by atoms with Gasteiger partial charge in [-0.3, -0.25) is 0 Å². The van der Waals surface area contributed by atoms with E-state index in [-0.39, 0.29) is 0 Å². The van der Waals surface area contributed by atoms with Crippen molar-refractivity contribution >= 4 is 44.9 Å². The number of rotatable bonds is 9. The van der Waals surface area contributed by atoms with Crippen LogP contribution in [0.15, 0.2) is 231 Å². The number of fused-ring (bicyclic) bond motifs is 1. The van der Waals surface area contributed by atoms with Crippen LogP contribution >= 0.6 is 0 Å². The fourth-order valence-electron chi connectivity index (χ4n) is 7.26. The molecule has 0 radical (unpaired) electrons. The Labute approximate surface area is 317 Å². The molecule has 0 spiro atoms. The van der Waals surface area contributed by atoms with Gasteiger partial charge in [0.15, 0.2) is 0 Å². The minimum Gasteiger partial charge on any atom is -0.311 e. The predicted molar refractivity (Wildman–Crippen MR) is 230 cm³/mol. The topological polar surface area (TPSA) is 6.48 Å². The molecule has 0 bridgehead atoms.